The third-order valence-corrected chi connectivity index (χ3v) is 5.55. The highest BCUT2D eigenvalue weighted by Gasteiger charge is 2.32. The third kappa shape index (κ3) is 3.93. The van der Waals surface area contributed by atoms with Gasteiger partial charge < -0.3 is 15.1 Å². The molecule has 0 bridgehead atoms. The van der Waals surface area contributed by atoms with E-state index in [0.717, 1.165) is 19.3 Å². The van der Waals surface area contributed by atoms with Crippen molar-refractivity contribution < 1.29 is 9.59 Å². The molecule has 0 aromatic rings. The van der Waals surface area contributed by atoms with Gasteiger partial charge in [0.05, 0.1) is 0 Å². The summed E-state index contributed by atoms with van der Waals surface area (Å²) in [7, 11) is 3.54. The van der Waals surface area contributed by atoms with E-state index in [1.54, 1.807) is 19.0 Å². The fourth-order valence-corrected chi connectivity index (χ4v) is 3.70. The number of nitrogens with zero attached hydrogens (tertiary/aromatic N) is 2. The van der Waals surface area contributed by atoms with Crippen LogP contribution in [0.3, 0.4) is 0 Å². The molecular formula is C17H31N3O2. The lowest BCUT2D eigenvalue weighted by Crippen LogP contribution is -2.49. The number of nitrogens with one attached hydrogen (secondary N) is 1. The lowest BCUT2D eigenvalue weighted by atomic mass is 9.78. The standard InChI is InChI=1S/C17H31N3O2/c1-12-6-5-7-15(13(12)2)18-16(21)14-8-10-20(11-9-14)17(22)19(3)4/h12-15H,5-11H2,1-4H3,(H,18,21). The highest BCUT2D eigenvalue weighted by atomic mass is 16.2. The normalized spacial score (nSPS) is 30.0. The molecule has 2 aliphatic rings. The number of likely N-dealkylation sites (tertiary alicyclic amines) is 1. The van der Waals surface area contributed by atoms with E-state index >= 15 is 0 Å². The van der Waals surface area contributed by atoms with E-state index in [1.165, 1.54) is 12.8 Å². The molecule has 1 saturated heterocycles. The van der Waals surface area contributed by atoms with Gasteiger partial charge in [0.15, 0.2) is 0 Å². The second kappa shape index (κ2) is 7.34. The van der Waals surface area contributed by atoms with Crippen LogP contribution in [0.5, 0.6) is 0 Å². The molecule has 3 amide bonds. The zero-order valence-corrected chi connectivity index (χ0v) is 14.5. The molecule has 3 unspecified atom stereocenters. The number of hydrogen-bond acceptors (Lipinski definition) is 2. The summed E-state index contributed by atoms with van der Waals surface area (Å²) >= 11 is 0. The molecular weight excluding hydrogens is 278 g/mol. The molecule has 1 N–H and O–H groups in total. The number of hydrogen-bond donors (Lipinski definition) is 1. The van der Waals surface area contributed by atoms with Crippen LogP contribution in [0.2, 0.25) is 0 Å². The smallest absolute Gasteiger partial charge is 0.319 e. The predicted octanol–water partition coefficient (Wildman–Crippen LogP) is 2.32. The van der Waals surface area contributed by atoms with Gasteiger partial charge in [-0.25, -0.2) is 4.79 Å². The molecule has 0 radical (unpaired) electrons. The molecule has 1 aliphatic carbocycles. The van der Waals surface area contributed by atoms with Crippen molar-refractivity contribution in [2.75, 3.05) is 27.2 Å². The molecule has 126 valence electrons. The van der Waals surface area contributed by atoms with Crippen molar-refractivity contribution in [2.45, 2.75) is 52.0 Å². The van der Waals surface area contributed by atoms with Gasteiger partial charge in [-0.2, -0.15) is 0 Å². The number of amides is 3. The summed E-state index contributed by atoms with van der Waals surface area (Å²) < 4.78 is 0. The maximum atomic E-state index is 12.5. The Labute approximate surface area is 134 Å². The van der Waals surface area contributed by atoms with Crippen LogP contribution >= 0.6 is 0 Å². The minimum absolute atomic E-state index is 0.0496. The summed E-state index contributed by atoms with van der Waals surface area (Å²) in [4.78, 5) is 27.9. The topological polar surface area (TPSA) is 52.7 Å². The quantitative estimate of drug-likeness (QED) is 0.851. The van der Waals surface area contributed by atoms with Gasteiger partial charge in [-0.15, -0.1) is 0 Å². The van der Waals surface area contributed by atoms with E-state index in [1.807, 2.05) is 4.90 Å². The molecule has 0 spiro atoms. The van der Waals surface area contributed by atoms with Gasteiger partial charge in [-0.1, -0.05) is 26.7 Å². The Balaban J connectivity index is 1.81. The summed E-state index contributed by atoms with van der Waals surface area (Å²) in [6, 6.07) is 0.381. The summed E-state index contributed by atoms with van der Waals surface area (Å²) in [5, 5.41) is 3.28. The van der Waals surface area contributed by atoms with Gasteiger partial charge in [0.2, 0.25) is 5.91 Å². The van der Waals surface area contributed by atoms with Crippen molar-refractivity contribution in [2.24, 2.45) is 17.8 Å². The lowest BCUT2D eigenvalue weighted by Gasteiger charge is -2.37. The van der Waals surface area contributed by atoms with Crippen molar-refractivity contribution in [1.82, 2.24) is 15.1 Å². The Hall–Kier alpha value is -1.26. The van der Waals surface area contributed by atoms with E-state index in [4.69, 9.17) is 0 Å². The molecule has 0 aromatic heterocycles. The van der Waals surface area contributed by atoms with Crippen LogP contribution in [0.4, 0.5) is 4.79 Å². The van der Waals surface area contributed by atoms with Crippen molar-refractivity contribution in [3.63, 3.8) is 0 Å². The van der Waals surface area contributed by atoms with E-state index in [0.29, 0.717) is 31.0 Å². The van der Waals surface area contributed by atoms with Crippen molar-refractivity contribution in [1.29, 1.82) is 0 Å². The summed E-state index contributed by atoms with van der Waals surface area (Å²) in [6.07, 6.45) is 5.16. The second-order valence-electron chi connectivity index (χ2n) is 7.32. The fraction of sp³-hybridized carbons (Fsp3) is 0.882. The first kappa shape index (κ1) is 17.1. The first-order chi connectivity index (χ1) is 10.4. The Morgan fingerprint density at radius 3 is 2.27 bits per heavy atom. The minimum atomic E-state index is 0.0496. The van der Waals surface area contributed by atoms with Crippen LogP contribution in [0.15, 0.2) is 0 Å². The van der Waals surface area contributed by atoms with E-state index in [-0.39, 0.29) is 17.9 Å². The fourth-order valence-electron chi connectivity index (χ4n) is 3.70. The third-order valence-electron chi connectivity index (χ3n) is 5.55. The molecule has 3 atom stereocenters. The maximum Gasteiger partial charge on any atom is 0.319 e. The lowest BCUT2D eigenvalue weighted by molar-refractivity contribution is -0.127. The van der Waals surface area contributed by atoms with Gasteiger partial charge in [0.25, 0.3) is 0 Å². The molecule has 1 saturated carbocycles. The van der Waals surface area contributed by atoms with Crippen LogP contribution < -0.4 is 5.32 Å². The molecule has 5 heteroatoms. The average molecular weight is 309 g/mol. The molecule has 2 fully saturated rings. The second-order valence-corrected chi connectivity index (χ2v) is 7.32. The molecule has 1 heterocycles. The molecule has 2 rings (SSSR count). The zero-order chi connectivity index (χ0) is 16.3. The first-order valence-corrected chi connectivity index (χ1v) is 8.66. The van der Waals surface area contributed by atoms with Gasteiger partial charge in [-0.05, 0) is 31.1 Å². The Morgan fingerprint density at radius 1 is 1.05 bits per heavy atom. The molecule has 22 heavy (non-hydrogen) atoms. The Bertz CT molecular complexity index is 403. The predicted molar refractivity (Wildman–Crippen MR) is 87.5 cm³/mol. The molecule has 5 nitrogen and oxygen atoms in total. The summed E-state index contributed by atoms with van der Waals surface area (Å²) in [5.74, 6) is 1.52. The number of piperidine rings is 1. The van der Waals surface area contributed by atoms with Gasteiger partial charge in [-0.3, -0.25) is 4.79 Å². The van der Waals surface area contributed by atoms with Crippen molar-refractivity contribution >= 4 is 11.9 Å². The number of urea groups is 1. The van der Waals surface area contributed by atoms with Gasteiger partial charge in [0.1, 0.15) is 0 Å². The zero-order valence-electron chi connectivity index (χ0n) is 14.5. The highest BCUT2D eigenvalue weighted by Crippen LogP contribution is 2.30. The van der Waals surface area contributed by atoms with E-state index in [2.05, 4.69) is 19.2 Å². The minimum Gasteiger partial charge on any atom is -0.353 e. The summed E-state index contributed by atoms with van der Waals surface area (Å²) in [6.45, 7) is 5.92. The van der Waals surface area contributed by atoms with Crippen LogP contribution in [0, 0.1) is 17.8 Å². The Kier molecular flexibility index (Phi) is 5.70. The Morgan fingerprint density at radius 2 is 1.68 bits per heavy atom. The van der Waals surface area contributed by atoms with Crippen LogP contribution in [0.1, 0.15) is 46.0 Å². The SMILES string of the molecule is CC1CCCC(NC(=O)C2CCN(C(=O)N(C)C)CC2)C1C. The summed E-state index contributed by atoms with van der Waals surface area (Å²) in [5.41, 5.74) is 0. The van der Waals surface area contributed by atoms with E-state index < -0.39 is 0 Å². The van der Waals surface area contributed by atoms with Crippen LogP contribution in [0.25, 0.3) is 0 Å². The van der Waals surface area contributed by atoms with Crippen LogP contribution in [-0.4, -0.2) is 55.0 Å². The molecule has 0 aromatic carbocycles. The molecule has 1 aliphatic heterocycles. The average Bonchev–Trinajstić information content (AvgIpc) is 2.51. The van der Waals surface area contributed by atoms with Gasteiger partial charge >= 0.3 is 6.03 Å². The van der Waals surface area contributed by atoms with E-state index in [9.17, 15) is 9.59 Å². The van der Waals surface area contributed by atoms with Crippen molar-refractivity contribution in [3.05, 3.63) is 0 Å². The van der Waals surface area contributed by atoms with Gasteiger partial charge in [0, 0.05) is 39.1 Å². The van der Waals surface area contributed by atoms with Crippen molar-refractivity contribution in [3.8, 4) is 0 Å². The monoisotopic (exact) mass is 309 g/mol. The first-order valence-electron chi connectivity index (χ1n) is 8.66. The number of carbonyl (C=O) groups is 2. The number of carbonyl (C=O) groups excluding carboxylic acids is 2. The maximum absolute atomic E-state index is 12.5. The van der Waals surface area contributed by atoms with Crippen LogP contribution in [-0.2, 0) is 4.79 Å². The highest BCUT2D eigenvalue weighted by molar-refractivity contribution is 5.80. The largest absolute Gasteiger partial charge is 0.353 e. The number of rotatable bonds is 2.